The predicted molar refractivity (Wildman–Crippen MR) is 215 cm³/mol. The third kappa shape index (κ3) is 5.33. The zero-order valence-electron chi connectivity index (χ0n) is 31.3. The molecule has 1 aromatic heterocycles. The molecule has 3 nitrogen and oxygen atoms in total. The molecule has 1 aliphatic heterocycles. The number of ether oxygens (including phenoxy) is 2. The molecule has 0 radical (unpaired) electrons. The van der Waals surface area contributed by atoms with Crippen LogP contribution in [0.25, 0.3) is 44.3 Å². The monoisotopic (exact) mass is 669 g/mol. The van der Waals surface area contributed by atoms with Gasteiger partial charge in [-0.05, 0) is 95.3 Å². The van der Waals surface area contributed by atoms with E-state index in [2.05, 4.69) is 169 Å². The summed E-state index contributed by atoms with van der Waals surface area (Å²) in [5, 5.41) is 4.81. The molecule has 0 N–H and O–H groups in total. The minimum Gasteiger partial charge on any atom is -0.497 e. The average Bonchev–Trinajstić information content (AvgIpc) is 3.45. The number of aromatic nitrogens is 1. The van der Waals surface area contributed by atoms with Gasteiger partial charge < -0.3 is 14.0 Å². The van der Waals surface area contributed by atoms with Crippen molar-refractivity contribution < 1.29 is 9.47 Å². The summed E-state index contributed by atoms with van der Waals surface area (Å²) < 4.78 is 15.6. The first-order chi connectivity index (χ1) is 24.3. The lowest BCUT2D eigenvalue weighted by Crippen LogP contribution is -2.34. The highest BCUT2D eigenvalue weighted by Crippen LogP contribution is 2.51. The summed E-state index contributed by atoms with van der Waals surface area (Å²) in [6, 6.07) is 39.8. The van der Waals surface area contributed by atoms with E-state index >= 15 is 0 Å². The second-order valence-electron chi connectivity index (χ2n) is 16.4. The van der Waals surface area contributed by atoms with Crippen molar-refractivity contribution >= 4 is 38.7 Å². The van der Waals surface area contributed by atoms with E-state index in [1.54, 1.807) is 7.11 Å². The molecule has 1 unspecified atom stereocenters. The van der Waals surface area contributed by atoms with E-state index in [0.717, 1.165) is 33.6 Å². The van der Waals surface area contributed by atoms with E-state index in [1.807, 2.05) is 12.1 Å². The van der Waals surface area contributed by atoms with Crippen LogP contribution in [-0.2, 0) is 16.4 Å². The topological polar surface area (TPSA) is 23.4 Å². The maximum atomic E-state index is 7.57. The van der Waals surface area contributed by atoms with Gasteiger partial charge in [0.15, 0.2) is 5.60 Å². The fourth-order valence-electron chi connectivity index (χ4n) is 7.78. The molecule has 1 atom stereocenters. The van der Waals surface area contributed by atoms with Crippen molar-refractivity contribution in [3.8, 4) is 17.2 Å². The highest BCUT2D eigenvalue weighted by molar-refractivity contribution is 6.25. The molecule has 0 aliphatic carbocycles. The molecule has 0 saturated heterocycles. The SMILES string of the molecule is COc1ccc(C2(c3ccccc3)C=Cc3c(c4cc(C)ccc4c4c5ccc(C)cc5n(-c5cc(C(C)(C)C)cc(C(C)(C)C)c5)c34)O2)cc1. The number of nitrogens with zero attached hydrogens (tertiary/aromatic N) is 1. The summed E-state index contributed by atoms with van der Waals surface area (Å²) in [4.78, 5) is 0. The Morgan fingerprint density at radius 2 is 1.24 bits per heavy atom. The number of methoxy groups -OCH3 is 1. The summed E-state index contributed by atoms with van der Waals surface area (Å²) in [5.74, 6) is 1.71. The van der Waals surface area contributed by atoms with Crippen molar-refractivity contribution in [2.75, 3.05) is 7.11 Å². The summed E-state index contributed by atoms with van der Waals surface area (Å²) in [6.45, 7) is 18.2. The standard InChI is InChI=1S/C48H47NO2/c1-30-15-21-38-41(25-30)45-40(23-24-48(51-45,32-13-11-10-12-14-32)33-17-19-37(50-9)20-18-33)44-43(38)39-22-16-31(2)26-42(39)49(44)36-28-34(46(3,4)5)27-35(29-36)47(6,7)8/h10-29H,1-9H3. The van der Waals surface area contributed by atoms with Crippen LogP contribution in [0.3, 0.4) is 0 Å². The van der Waals surface area contributed by atoms with Gasteiger partial charge in [-0.15, -0.1) is 0 Å². The number of aryl methyl sites for hydroxylation is 2. The average molecular weight is 670 g/mol. The molecule has 0 spiro atoms. The van der Waals surface area contributed by atoms with Gasteiger partial charge in [0.2, 0.25) is 0 Å². The summed E-state index contributed by atoms with van der Waals surface area (Å²) in [7, 11) is 1.71. The molecule has 7 aromatic rings. The normalized spacial score (nSPS) is 16.1. The van der Waals surface area contributed by atoms with Crippen LogP contribution in [0.4, 0.5) is 0 Å². The van der Waals surface area contributed by atoms with Crippen molar-refractivity contribution in [3.05, 3.63) is 154 Å². The maximum Gasteiger partial charge on any atom is 0.178 e. The highest BCUT2D eigenvalue weighted by Gasteiger charge is 2.39. The lowest BCUT2D eigenvalue weighted by molar-refractivity contribution is 0.164. The van der Waals surface area contributed by atoms with E-state index in [9.17, 15) is 0 Å². The molecule has 1 aliphatic rings. The molecule has 3 heteroatoms. The van der Waals surface area contributed by atoms with Crippen LogP contribution in [-0.4, -0.2) is 11.7 Å². The number of hydrogen-bond acceptors (Lipinski definition) is 2. The number of benzene rings is 6. The Bertz CT molecular complexity index is 2470. The van der Waals surface area contributed by atoms with Gasteiger partial charge in [0, 0.05) is 38.5 Å². The zero-order chi connectivity index (χ0) is 35.9. The third-order valence-electron chi connectivity index (χ3n) is 10.7. The van der Waals surface area contributed by atoms with Crippen molar-refractivity contribution in [1.82, 2.24) is 4.57 Å². The van der Waals surface area contributed by atoms with Crippen molar-refractivity contribution in [3.63, 3.8) is 0 Å². The van der Waals surface area contributed by atoms with Gasteiger partial charge in [0.25, 0.3) is 0 Å². The van der Waals surface area contributed by atoms with Crippen molar-refractivity contribution in [1.29, 1.82) is 0 Å². The van der Waals surface area contributed by atoms with Crippen molar-refractivity contribution in [2.45, 2.75) is 71.8 Å². The molecule has 6 aromatic carbocycles. The van der Waals surface area contributed by atoms with Crippen LogP contribution in [0.2, 0.25) is 0 Å². The van der Waals surface area contributed by atoms with Gasteiger partial charge in [0.05, 0.1) is 18.1 Å². The van der Waals surface area contributed by atoms with Gasteiger partial charge in [-0.25, -0.2) is 0 Å². The van der Waals surface area contributed by atoms with E-state index in [0.29, 0.717) is 0 Å². The molecular weight excluding hydrogens is 623 g/mol. The molecule has 51 heavy (non-hydrogen) atoms. The Hall–Kier alpha value is -5.28. The van der Waals surface area contributed by atoms with Gasteiger partial charge >= 0.3 is 0 Å². The van der Waals surface area contributed by atoms with Crippen LogP contribution in [0.15, 0.2) is 115 Å². The summed E-state index contributed by atoms with van der Waals surface area (Å²) in [5.41, 5.74) is 10.9. The lowest BCUT2D eigenvalue weighted by Gasteiger charge is -2.37. The van der Waals surface area contributed by atoms with Crippen molar-refractivity contribution in [2.24, 2.45) is 0 Å². The first-order valence-corrected chi connectivity index (χ1v) is 18.0. The third-order valence-corrected chi connectivity index (χ3v) is 10.7. The molecule has 256 valence electrons. The highest BCUT2D eigenvalue weighted by atomic mass is 16.5. The Labute approximate surface area is 302 Å². The van der Waals surface area contributed by atoms with Crippen LogP contribution in [0, 0.1) is 13.8 Å². The van der Waals surface area contributed by atoms with E-state index in [1.165, 1.54) is 55.1 Å². The molecule has 0 saturated carbocycles. The zero-order valence-corrected chi connectivity index (χ0v) is 31.3. The van der Waals surface area contributed by atoms with Gasteiger partial charge in [-0.3, -0.25) is 0 Å². The molecule has 2 heterocycles. The Morgan fingerprint density at radius 1 is 0.627 bits per heavy atom. The van der Waals surface area contributed by atoms with E-state index < -0.39 is 5.60 Å². The largest absolute Gasteiger partial charge is 0.497 e. The Kier molecular flexibility index (Phi) is 7.50. The number of fused-ring (bicyclic) bond motifs is 8. The molecule has 0 fully saturated rings. The number of hydrogen-bond donors (Lipinski definition) is 0. The van der Waals surface area contributed by atoms with Crippen LogP contribution in [0.1, 0.15) is 80.5 Å². The smallest absolute Gasteiger partial charge is 0.178 e. The predicted octanol–water partition coefficient (Wildman–Crippen LogP) is 12.5. The fraction of sp³-hybridized carbons (Fsp3) is 0.250. The minimum absolute atomic E-state index is 0.0228. The van der Waals surface area contributed by atoms with Crippen LogP contribution in [0.5, 0.6) is 11.5 Å². The van der Waals surface area contributed by atoms with E-state index in [-0.39, 0.29) is 10.8 Å². The summed E-state index contributed by atoms with van der Waals surface area (Å²) >= 11 is 0. The fourth-order valence-corrected chi connectivity index (χ4v) is 7.78. The molecule has 8 rings (SSSR count). The first-order valence-electron chi connectivity index (χ1n) is 18.0. The Morgan fingerprint density at radius 3 is 1.86 bits per heavy atom. The molecule has 0 amide bonds. The van der Waals surface area contributed by atoms with Gasteiger partial charge in [-0.1, -0.05) is 120 Å². The van der Waals surface area contributed by atoms with Crippen LogP contribution < -0.4 is 9.47 Å². The maximum absolute atomic E-state index is 7.57. The van der Waals surface area contributed by atoms with Crippen LogP contribution >= 0.6 is 0 Å². The Balaban J connectivity index is 1.53. The first kappa shape index (κ1) is 32.9. The van der Waals surface area contributed by atoms with E-state index in [4.69, 9.17) is 9.47 Å². The van der Waals surface area contributed by atoms with Gasteiger partial charge in [0.1, 0.15) is 11.5 Å². The molecular formula is C48H47NO2. The number of rotatable bonds is 4. The quantitative estimate of drug-likeness (QED) is 0.186. The minimum atomic E-state index is -0.843. The summed E-state index contributed by atoms with van der Waals surface area (Å²) in [6.07, 6.45) is 4.58. The second-order valence-corrected chi connectivity index (χ2v) is 16.4. The second kappa shape index (κ2) is 11.6. The van der Waals surface area contributed by atoms with Gasteiger partial charge in [-0.2, -0.15) is 0 Å². The molecule has 0 bridgehead atoms. The lowest BCUT2D eigenvalue weighted by atomic mass is 9.80.